The van der Waals surface area contributed by atoms with Gasteiger partial charge in [-0.1, -0.05) is 6.92 Å². The number of hydrogen-bond acceptors (Lipinski definition) is 2. The Morgan fingerprint density at radius 2 is 2.07 bits per heavy atom. The summed E-state index contributed by atoms with van der Waals surface area (Å²) in [6, 6.07) is 0. The summed E-state index contributed by atoms with van der Waals surface area (Å²) in [6.45, 7) is 6.44. The van der Waals surface area contributed by atoms with Gasteiger partial charge in [0.15, 0.2) is 0 Å². The minimum atomic E-state index is 0.645. The number of fused-ring (bicyclic) bond motifs is 1. The first-order valence-electron chi connectivity index (χ1n) is 5.19. The zero-order chi connectivity index (χ0) is 10.3. The van der Waals surface area contributed by atoms with Crippen molar-refractivity contribution in [3.8, 4) is 5.75 Å². The Balaban J connectivity index is 2.64. The Morgan fingerprint density at radius 3 is 2.71 bits per heavy atom. The predicted octanol–water partition coefficient (Wildman–Crippen LogP) is 2.76. The Morgan fingerprint density at radius 1 is 1.36 bits per heavy atom. The highest BCUT2D eigenvalue weighted by atomic mass is 16.5. The molecule has 76 valence electrons. The van der Waals surface area contributed by atoms with Gasteiger partial charge in [0, 0.05) is 5.69 Å². The molecular formula is C12H17NO. The summed E-state index contributed by atoms with van der Waals surface area (Å²) in [6.07, 6.45) is 2.36. The third-order valence-electron chi connectivity index (χ3n) is 3.20. The van der Waals surface area contributed by atoms with Crippen LogP contribution < -0.4 is 4.74 Å². The summed E-state index contributed by atoms with van der Waals surface area (Å²) in [5.74, 6) is 1.62. The van der Waals surface area contributed by atoms with Gasteiger partial charge in [-0.05, 0) is 43.7 Å². The third kappa shape index (κ3) is 1.21. The van der Waals surface area contributed by atoms with Crippen molar-refractivity contribution in [1.29, 1.82) is 0 Å². The molecule has 0 aromatic carbocycles. The fourth-order valence-electron chi connectivity index (χ4n) is 2.57. The van der Waals surface area contributed by atoms with E-state index >= 15 is 0 Å². The molecule has 0 saturated heterocycles. The lowest BCUT2D eigenvalue weighted by Crippen LogP contribution is -2.01. The SMILES string of the molecule is COc1c(C)nc2c(c1C)C(C)CC2. The van der Waals surface area contributed by atoms with E-state index in [1.54, 1.807) is 7.11 Å². The number of rotatable bonds is 1. The van der Waals surface area contributed by atoms with Crippen molar-refractivity contribution in [1.82, 2.24) is 4.98 Å². The van der Waals surface area contributed by atoms with Crippen LogP contribution in [0, 0.1) is 13.8 Å². The van der Waals surface area contributed by atoms with Crippen LogP contribution in [0.5, 0.6) is 5.75 Å². The van der Waals surface area contributed by atoms with E-state index in [1.807, 2.05) is 6.92 Å². The van der Waals surface area contributed by atoms with Crippen molar-refractivity contribution in [2.45, 2.75) is 39.5 Å². The van der Waals surface area contributed by atoms with Gasteiger partial charge in [0.25, 0.3) is 0 Å². The Hall–Kier alpha value is -1.05. The van der Waals surface area contributed by atoms with Gasteiger partial charge in [0.2, 0.25) is 0 Å². The van der Waals surface area contributed by atoms with Gasteiger partial charge >= 0.3 is 0 Å². The molecular weight excluding hydrogens is 174 g/mol. The van der Waals surface area contributed by atoms with Gasteiger partial charge in [-0.3, -0.25) is 4.98 Å². The summed E-state index contributed by atoms with van der Waals surface area (Å²) >= 11 is 0. The average Bonchev–Trinajstić information content (AvgIpc) is 2.48. The maximum Gasteiger partial charge on any atom is 0.143 e. The highest BCUT2D eigenvalue weighted by Gasteiger charge is 2.24. The Bertz CT molecular complexity index is 371. The number of hydrogen-bond donors (Lipinski definition) is 0. The van der Waals surface area contributed by atoms with Crippen molar-refractivity contribution in [2.75, 3.05) is 7.11 Å². The topological polar surface area (TPSA) is 22.1 Å². The molecule has 1 unspecified atom stereocenters. The van der Waals surface area contributed by atoms with Gasteiger partial charge in [-0.15, -0.1) is 0 Å². The molecule has 0 fully saturated rings. The summed E-state index contributed by atoms with van der Waals surface area (Å²) in [5, 5.41) is 0. The van der Waals surface area contributed by atoms with Crippen LogP contribution in [0.15, 0.2) is 0 Å². The molecule has 1 aromatic heterocycles. The molecule has 0 amide bonds. The third-order valence-corrected chi connectivity index (χ3v) is 3.20. The minimum Gasteiger partial charge on any atom is -0.495 e. The standard InChI is InChI=1S/C12H17NO/c1-7-5-6-10-11(7)8(2)12(14-4)9(3)13-10/h7H,5-6H2,1-4H3. The van der Waals surface area contributed by atoms with Crippen LogP contribution in [0.25, 0.3) is 0 Å². The molecule has 0 N–H and O–H groups in total. The smallest absolute Gasteiger partial charge is 0.143 e. The molecule has 1 aliphatic rings. The number of pyridine rings is 1. The van der Waals surface area contributed by atoms with Crippen molar-refractivity contribution in [3.63, 3.8) is 0 Å². The molecule has 0 spiro atoms. The average molecular weight is 191 g/mol. The van der Waals surface area contributed by atoms with E-state index in [0.717, 1.165) is 17.9 Å². The number of nitrogens with zero attached hydrogens (tertiary/aromatic N) is 1. The monoisotopic (exact) mass is 191 g/mol. The molecule has 0 bridgehead atoms. The van der Waals surface area contributed by atoms with Crippen molar-refractivity contribution >= 4 is 0 Å². The second kappa shape index (κ2) is 3.26. The molecule has 14 heavy (non-hydrogen) atoms. The van der Waals surface area contributed by atoms with Crippen LogP contribution >= 0.6 is 0 Å². The maximum absolute atomic E-state index is 5.39. The first-order chi connectivity index (χ1) is 6.65. The van der Waals surface area contributed by atoms with Crippen molar-refractivity contribution in [2.24, 2.45) is 0 Å². The number of aromatic nitrogens is 1. The van der Waals surface area contributed by atoms with E-state index < -0.39 is 0 Å². The van der Waals surface area contributed by atoms with Gasteiger partial charge in [-0.2, -0.15) is 0 Å². The van der Waals surface area contributed by atoms with E-state index in [2.05, 4.69) is 18.8 Å². The fourth-order valence-corrected chi connectivity index (χ4v) is 2.57. The van der Waals surface area contributed by atoms with Gasteiger partial charge in [0.05, 0.1) is 12.8 Å². The number of methoxy groups -OCH3 is 1. The van der Waals surface area contributed by atoms with E-state index in [9.17, 15) is 0 Å². The predicted molar refractivity (Wildman–Crippen MR) is 57.0 cm³/mol. The molecule has 0 aliphatic heterocycles. The summed E-state index contributed by atoms with van der Waals surface area (Å²) in [5.41, 5.74) is 5.03. The minimum absolute atomic E-state index is 0.645. The lowest BCUT2D eigenvalue weighted by molar-refractivity contribution is 0.405. The van der Waals surface area contributed by atoms with Crippen LogP contribution in [0.4, 0.5) is 0 Å². The molecule has 1 atom stereocenters. The largest absolute Gasteiger partial charge is 0.495 e. The number of ether oxygens (including phenoxy) is 1. The maximum atomic E-state index is 5.39. The molecule has 2 rings (SSSR count). The van der Waals surface area contributed by atoms with Crippen LogP contribution in [0.2, 0.25) is 0 Å². The highest BCUT2D eigenvalue weighted by molar-refractivity contribution is 5.47. The van der Waals surface area contributed by atoms with Crippen LogP contribution in [-0.4, -0.2) is 12.1 Å². The second-order valence-corrected chi connectivity index (χ2v) is 4.16. The van der Waals surface area contributed by atoms with Crippen LogP contribution in [0.3, 0.4) is 0 Å². The van der Waals surface area contributed by atoms with Gasteiger partial charge in [-0.25, -0.2) is 0 Å². The first-order valence-corrected chi connectivity index (χ1v) is 5.19. The summed E-state index contributed by atoms with van der Waals surface area (Å²) < 4.78 is 5.39. The van der Waals surface area contributed by atoms with Crippen LogP contribution in [-0.2, 0) is 6.42 Å². The van der Waals surface area contributed by atoms with Gasteiger partial charge < -0.3 is 4.74 Å². The molecule has 2 nitrogen and oxygen atoms in total. The molecule has 2 heteroatoms. The lowest BCUT2D eigenvalue weighted by atomic mass is 9.99. The van der Waals surface area contributed by atoms with Crippen LogP contribution in [0.1, 0.15) is 41.8 Å². The molecule has 1 aromatic rings. The zero-order valence-electron chi connectivity index (χ0n) is 9.35. The molecule has 0 radical (unpaired) electrons. The fraction of sp³-hybridized carbons (Fsp3) is 0.583. The Labute approximate surface area is 85.3 Å². The summed E-state index contributed by atoms with van der Waals surface area (Å²) in [4.78, 5) is 4.61. The number of aryl methyl sites for hydroxylation is 2. The second-order valence-electron chi connectivity index (χ2n) is 4.16. The first kappa shape index (κ1) is 9.50. The lowest BCUT2D eigenvalue weighted by Gasteiger charge is -2.14. The Kier molecular flexibility index (Phi) is 2.22. The molecule has 1 aliphatic carbocycles. The summed E-state index contributed by atoms with van der Waals surface area (Å²) in [7, 11) is 1.73. The zero-order valence-corrected chi connectivity index (χ0v) is 9.35. The van der Waals surface area contributed by atoms with E-state index in [0.29, 0.717) is 5.92 Å². The highest BCUT2D eigenvalue weighted by Crippen LogP contribution is 2.38. The van der Waals surface area contributed by atoms with Gasteiger partial charge in [0.1, 0.15) is 5.75 Å². The van der Waals surface area contributed by atoms with E-state index in [4.69, 9.17) is 4.74 Å². The van der Waals surface area contributed by atoms with Crippen molar-refractivity contribution < 1.29 is 4.74 Å². The molecule has 1 heterocycles. The van der Waals surface area contributed by atoms with E-state index in [1.165, 1.54) is 23.2 Å². The quantitative estimate of drug-likeness (QED) is 0.681. The van der Waals surface area contributed by atoms with E-state index in [-0.39, 0.29) is 0 Å². The normalized spacial score (nSPS) is 19.6. The van der Waals surface area contributed by atoms with Crippen molar-refractivity contribution in [3.05, 3.63) is 22.5 Å². The molecule has 0 saturated carbocycles.